The quantitative estimate of drug-likeness (QED) is 0.184. The molecule has 3 aliphatic heterocycles. The maximum Gasteiger partial charge on any atom is 0.186 e. The average molecular weight is 677 g/mol. The first kappa shape index (κ1) is 34.0. The number of allylic oxidation sites excluding steroid dienone is 6. The van der Waals surface area contributed by atoms with E-state index in [9.17, 15) is 20.1 Å². The van der Waals surface area contributed by atoms with Crippen molar-refractivity contribution in [3.05, 3.63) is 99.7 Å². The van der Waals surface area contributed by atoms with Gasteiger partial charge in [0.25, 0.3) is 0 Å². The highest BCUT2D eigenvalue weighted by atomic mass is 16.8. The van der Waals surface area contributed by atoms with Crippen LogP contribution >= 0.6 is 0 Å². The molecule has 10 nitrogen and oxygen atoms in total. The molecular weight excluding hydrogens is 632 g/mol. The van der Waals surface area contributed by atoms with Crippen molar-refractivity contribution in [3.63, 3.8) is 0 Å². The number of H-pyrrole nitrogens is 2. The average Bonchev–Trinajstić information content (AvgIpc) is 3.73. The van der Waals surface area contributed by atoms with Crippen LogP contribution in [0.2, 0.25) is 0 Å². The molecular formula is C40H44N4O6. The van der Waals surface area contributed by atoms with E-state index < -0.39 is 24.2 Å². The van der Waals surface area contributed by atoms with E-state index in [-0.39, 0.29) is 25.8 Å². The van der Waals surface area contributed by atoms with Gasteiger partial charge in [-0.1, -0.05) is 24.8 Å². The first-order valence-electron chi connectivity index (χ1n) is 17.2. The van der Waals surface area contributed by atoms with E-state index in [1.165, 1.54) is 0 Å². The normalized spacial score (nSPS) is 20.3. The summed E-state index contributed by atoms with van der Waals surface area (Å²) in [4.78, 5) is 31.4. The van der Waals surface area contributed by atoms with E-state index in [0.717, 1.165) is 72.4 Å². The zero-order chi connectivity index (χ0) is 35.3. The van der Waals surface area contributed by atoms with Gasteiger partial charge in [-0.05, 0) is 117 Å². The third-order valence-corrected chi connectivity index (χ3v) is 10.9. The molecule has 260 valence electrons. The van der Waals surface area contributed by atoms with Gasteiger partial charge < -0.3 is 34.8 Å². The van der Waals surface area contributed by atoms with Crippen molar-refractivity contribution < 1.29 is 29.6 Å². The Morgan fingerprint density at radius 2 is 1.52 bits per heavy atom. The first-order chi connectivity index (χ1) is 24.1. The molecule has 0 unspecified atom stereocenters. The van der Waals surface area contributed by atoms with Crippen molar-refractivity contribution in [3.8, 4) is 0 Å². The van der Waals surface area contributed by atoms with Crippen molar-refractivity contribution in [1.82, 2.24) is 19.9 Å². The van der Waals surface area contributed by atoms with Crippen LogP contribution in [-0.4, -0.2) is 73.9 Å². The summed E-state index contributed by atoms with van der Waals surface area (Å²) in [6, 6.07) is 8.15. The number of aliphatic hydroxyl groups is 3. The van der Waals surface area contributed by atoms with Crippen LogP contribution in [0.1, 0.15) is 71.7 Å². The molecule has 6 heterocycles. The number of aliphatic hydroxyl groups excluding tert-OH is 3. The molecule has 0 amide bonds. The Morgan fingerprint density at radius 3 is 2.08 bits per heavy atom. The lowest BCUT2D eigenvalue weighted by Gasteiger charge is -2.42. The molecule has 1 fully saturated rings. The van der Waals surface area contributed by atoms with Gasteiger partial charge in [0.2, 0.25) is 0 Å². The number of fused-ring (bicyclic) bond motifs is 11. The molecule has 1 aliphatic carbocycles. The minimum atomic E-state index is -0.960. The predicted molar refractivity (Wildman–Crippen MR) is 194 cm³/mol. The van der Waals surface area contributed by atoms with Crippen LogP contribution in [0.4, 0.5) is 0 Å². The Hall–Kier alpha value is -4.45. The van der Waals surface area contributed by atoms with Crippen molar-refractivity contribution in [2.45, 2.75) is 65.1 Å². The molecule has 0 saturated carbocycles. The van der Waals surface area contributed by atoms with Gasteiger partial charge in [-0.2, -0.15) is 0 Å². The summed E-state index contributed by atoms with van der Waals surface area (Å²) in [7, 11) is 0. The monoisotopic (exact) mass is 676 g/mol. The van der Waals surface area contributed by atoms with Crippen LogP contribution in [0.15, 0.2) is 54.6 Å². The van der Waals surface area contributed by atoms with Crippen LogP contribution in [0.25, 0.3) is 38.8 Å². The summed E-state index contributed by atoms with van der Waals surface area (Å²) in [5, 5.41) is 29.8. The largest absolute Gasteiger partial charge is 0.396 e. The van der Waals surface area contributed by atoms with Gasteiger partial charge in [-0.3, -0.25) is 9.78 Å². The minimum Gasteiger partial charge on any atom is -0.396 e. The van der Waals surface area contributed by atoms with E-state index in [1.54, 1.807) is 0 Å². The number of carbonyl (C=O) groups is 1. The highest BCUT2D eigenvalue weighted by Gasteiger charge is 2.53. The number of hydrogen-bond donors (Lipinski definition) is 5. The summed E-state index contributed by atoms with van der Waals surface area (Å²) in [6.45, 7) is 11.9. The standard InChI is InChI=1S/C40H44N4O6/c1-6-24-21(2)30-16-35-28-12-11-27(39-49-20-50-39)38(36(48)19-47)40(28,5)37(44-35)18-31-23(4)26(10-8-14-46)34(43-31)17-33-25(9-7-13-45)22(3)29(42-33)15-32(24)41-30/h6,11-12,15-18,38-39,42-43,45-47H,1,7-10,13-14,19-20H2,2-5H3/t38-,40+/m1/s1. The van der Waals surface area contributed by atoms with Crippen LogP contribution in [0.3, 0.4) is 0 Å². The lowest BCUT2D eigenvalue weighted by Crippen LogP contribution is -2.47. The molecule has 2 atom stereocenters. The second kappa shape index (κ2) is 13.4. The molecule has 8 bridgehead atoms. The van der Waals surface area contributed by atoms with Gasteiger partial charge in [-0.15, -0.1) is 0 Å². The van der Waals surface area contributed by atoms with Gasteiger partial charge in [0.15, 0.2) is 18.9 Å². The van der Waals surface area contributed by atoms with E-state index in [4.69, 9.17) is 19.4 Å². The highest BCUT2D eigenvalue weighted by Crippen LogP contribution is 2.53. The maximum atomic E-state index is 13.7. The number of aryl methyl sites for hydroxylation is 4. The third-order valence-electron chi connectivity index (χ3n) is 10.9. The Labute approximate surface area is 290 Å². The molecule has 0 spiro atoms. The van der Waals surface area contributed by atoms with Crippen LogP contribution in [0.5, 0.6) is 0 Å². The number of ether oxygens (including phenoxy) is 2. The van der Waals surface area contributed by atoms with Crippen molar-refractivity contribution >= 4 is 44.6 Å². The van der Waals surface area contributed by atoms with Gasteiger partial charge in [-0.25, -0.2) is 4.98 Å². The van der Waals surface area contributed by atoms with E-state index in [2.05, 4.69) is 42.5 Å². The molecule has 50 heavy (non-hydrogen) atoms. The summed E-state index contributed by atoms with van der Waals surface area (Å²) in [5.41, 5.74) is 13.1. The number of nitrogens with zero attached hydrogens (tertiary/aromatic N) is 2. The summed E-state index contributed by atoms with van der Waals surface area (Å²) >= 11 is 0. The third kappa shape index (κ3) is 5.43. The molecule has 3 aromatic heterocycles. The smallest absolute Gasteiger partial charge is 0.186 e. The fourth-order valence-electron chi connectivity index (χ4n) is 8.02. The second-order valence-electron chi connectivity index (χ2n) is 13.6. The molecule has 7 rings (SSSR count). The van der Waals surface area contributed by atoms with E-state index in [0.29, 0.717) is 42.6 Å². The zero-order valence-corrected chi connectivity index (χ0v) is 29.0. The molecule has 0 aromatic carbocycles. The lowest BCUT2D eigenvalue weighted by atomic mass is 9.62. The Balaban J connectivity index is 1.61. The van der Waals surface area contributed by atoms with Gasteiger partial charge in [0, 0.05) is 40.9 Å². The highest BCUT2D eigenvalue weighted by molar-refractivity contribution is 5.98. The lowest BCUT2D eigenvalue weighted by molar-refractivity contribution is -0.304. The number of rotatable bonds is 10. The predicted octanol–water partition coefficient (Wildman–Crippen LogP) is 5.69. The van der Waals surface area contributed by atoms with Crippen molar-refractivity contribution in [1.29, 1.82) is 0 Å². The van der Waals surface area contributed by atoms with Crippen LogP contribution in [0, 0.1) is 19.8 Å². The van der Waals surface area contributed by atoms with Gasteiger partial charge >= 0.3 is 0 Å². The Bertz CT molecular complexity index is 2160. The summed E-state index contributed by atoms with van der Waals surface area (Å²) in [5.74, 6) is -1.13. The number of aromatic amines is 2. The molecule has 0 radical (unpaired) electrons. The summed E-state index contributed by atoms with van der Waals surface area (Å²) in [6.07, 6.45) is 7.55. The minimum absolute atomic E-state index is 0.0591. The summed E-state index contributed by atoms with van der Waals surface area (Å²) < 4.78 is 11.4. The number of Topliss-reactive ketones (excluding diaryl/α,β-unsaturated/α-hetero) is 1. The number of aromatic nitrogens is 4. The first-order valence-corrected chi connectivity index (χ1v) is 17.2. The van der Waals surface area contributed by atoms with Gasteiger partial charge in [0.05, 0.1) is 34.1 Å². The molecule has 5 N–H and O–H groups in total. The SMILES string of the molecule is C=CC1=C(C)c2cc3nc(cc4[nH]c(cc5[nH]c(cc1n2)c(C)c5CCCO)c(CCCO)c4C)[C@]1(C)C3=CC=C(C2OCO2)[C@@H]1C(=O)CO. The van der Waals surface area contributed by atoms with Gasteiger partial charge in [0.1, 0.15) is 6.61 Å². The molecule has 10 heteroatoms. The number of hydrogen-bond acceptors (Lipinski definition) is 8. The van der Waals surface area contributed by atoms with Crippen LogP contribution < -0.4 is 0 Å². The Kier molecular flexibility index (Phi) is 9.08. The molecule has 4 aliphatic rings. The fraction of sp³-hybridized carbons (Fsp3) is 0.375. The maximum absolute atomic E-state index is 13.7. The van der Waals surface area contributed by atoms with E-state index >= 15 is 0 Å². The number of nitrogens with one attached hydrogen (secondary N) is 2. The van der Waals surface area contributed by atoms with E-state index in [1.807, 2.05) is 44.2 Å². The number of ketones is 1. The fourth-order valence-corrected chi connectivity index (χ4v) is 8.02. The molecule has 1 saturated heterocycles. The topological polar surface area (TPSA) is 154 Å². The van der Waals surface area contributed by atoms with Crippen molar-refractivity contribution in [2.24, 2.45) is 5.92 Å². The Morgan fingerprint density at radius 1 is 0.880 bits per heavy atom. The second-order valence-corrected chi connectivity index (χ2v) is 13.6. The number of carbonyl (C=O) groups excluding carboxylic acids is 1. The molecule has 3 aromatic rings. The zero-order valence-electron chi connectivity index (χ0n) is 29.0. The van der Waals surface area contributed by atoms with Crippen LogP contribution in [-0.2, 0) is 32.5 Å². The van der Waals surface area contributed by atoms with Crippen molar-refractivity contribution in [2.75, 3.05) is 26.6 Å².